The zero-order chi connectivity index (χ0) is 61.1. The van der Waals surface area contributed by atoms with Crippen LogP contribution < -0.4 is 31.9 Å². The summed E-state index contributed by atoms with van der Waals surface area (Å²) in [7, 11) is 0. The number of fused-ring (bicyclic) bond motifs is 1. The van der Waals surface area contributed by atoms with Crippen molar-refractivity contribution in [2.24, 2.45) is 11.8 Å². The Morgan fingerprint density at radius 1 is 0.500 bits per heavy atom. The summed E-state index contributed by atoms with van der Waals surface area (Å²) in [5, 5.41) is 74.2. The predicted octanol–water partition coefficient (Wildman–Crippen LogP) is 0.552. The van der Waals surface area contributed by atoms with Gasteiger partial charge in [-0.15, -0.1) is 0 Å². The number of unbranched alkanes of at least 4 members (excludes halogenated alkanes) is 1. The summed E-state index contributed by atoms with van der Waals surface area (Å²) in [5.41, 5.74) is 1.82. The third kappa shape index (κ3) is 24.3. The molecule has 5 rings (SSSR count). The SMILES string of the molecule is O=C(O)CC[C@H](NC(=O)N[C@@H](CCCCNC(=O)c1ccc(CNC(=O)[C@H](Cc2ccc3ccccc3c2)NC(=O)C2CCC(CNC(=O)CN3CCN(CC(=O)O)CCN(CC(=O)O)CCN(CC(=O)O)CC3)CC2)cc1)C(=O)O)C(=O)O. The van der Waals surface area contributed by atoms with E-state index in [1.807, 2.05) is 47.4 Å². The fourth-order valence-electron chi connectivity index (χ4n) is 10.0. The van der Waals surface area contributed by atoms with Gasteiger partial charge in [0, 0.05) is 96.3 Å². The number of carbonyl (C=O) groups excluding carboxylic acids is 5. The number of urea groups is 1. The van der Waals surface area contributed by atoms with E-state index in [1.54, 1.807) is 39.0 Å². The van der Waals surface area contributed by atoms with Gasteiger partial charge >= 0.3 is 41.8 Å². The molecule has 2 fully saturated rings. The monoisotopic (exact) mass is 1170 g/mol. The molecule has 1 saturated heterocycles. The minimum absolute atomic E-state index is 0.0218. The summed E-state index contributed by atoms with van der Waals surface area (Å²) >= 11 is 0. The maximum atomic E-state index is 14.0. The molecule has 27 nitrogen and oxygen atoms in total. The number of rotatable bonds is 30. The van der Waals surface area contributed by atoms with Gasteiger partial charge in [0.2, 0.25) is 17.7 Å². The third-order valence-electron chi connectivity index (χ3n) is 14.8. The van der Waals surface area contributed by atoms with E-state index in [1.165, 1.54) is 0 Å². The van der Waals surface area contributed by atoms with E-state index in [0.717, 1.165) is 16.3 Å². The lowest BCUT2D eigenvalue weighted by molar-refractivity contribution is -0.141. The molecule has 3 aromatic carbocycles. The predicted molar refractivity (Wildman–Crippen MR) is 303 cm³/mol. The Morgan fingerprint density at radius 2 is 1.01 bits per heavy atom. The molecule has 0 radical (unpaired) electrons. The standard InChI is InChI=1S/C57H78N10O17/c68-47(33-64-21-23-65(34-49(71)72)25-27-67(36-51(75)76)28-26-66(24-22-64)35-50(73)74)59-31-37-10-16-42(17-11-37)53(78)61-46(30-39-12-13-40-5-1-2-6-43(40)29-39)54(79)60-32-38-8-14-41(15-9-38)52(77)58-20-4-3-7-44(55(80)81)62-57(84)63-45(56(82)83)18-19-48(69)70/h1-2,5-6,8-9,12-15,29,37,42,44-46H,3-4,7,10-11,16-28,30-36H2,(H,58,77)(H,59,68)(H,60,79)(H,61,78)(H,69,70)(H,71,72)(H,73,74)(H,75,76)(H,80,81)(H,82,83)(H2,62,63,84)/t37?,42?,44-,45-,46-/m0/s1. The number of benzene rings is 3. The Bertz CT molecular complexity index is 2730. The van der Waals surface area contributed by atoms with Gasteiger partial charge in [0.1, 0.15) is 18.1 Å². The molecule has 1 heterocycles. The summed E-state index contributed by atoms with van der Waals surface area (Å²) in [6.07, 6.45) is 2.14. The number of carbonyl (C=O) groups is 11. The molecule has 3 aromatic rings. The van der Waals surface area contributed by atoms with Crippen molar-refractivity contribution in [3.05, 3.63) is 83.4 Å². The van der Waals surface area contributed by atoms with Gasteiger partial charge in [-0.05, 0) is 91.3 Å². The maximum absolute atomic E-state index is 14.0. The number of hydrogen-bond acceptors (Lipinski definition) is 15. The van der Waals surface area contributed by atoms with E-state index in [9.17, 15) is 78.3 Å². The summed E-state index contributed by atoms with van der Waals surface area (Å²) in [5.74, 6) is -8.93. The molecule has 0 aromatic heterocycles. The Kier molecular flexibility index (Phi) is 27.2. The van der Waals surface area contributed by atoms with Crippen LogP contribution in [0.25, 0.3) is 10.8 Å². The number of aliphatic carboxylic acids is 6. The second-order valence-electron chi connectivity index (χ2n) is 21.3. The van der Waals surface area contributed by atoms with E-state index in [0.29, 0.717) is 62.9 Å². The Morgan fingerprint density at radius 3 is 1.54 bits per heavy atom. The molecule has 0 unspecified atom stereocenters. The topological polar surface area (TPSA) is 394 Å². The van der Waals surface area contributed by atoms with Crippen molar-refractivity contribution < 1.29 is 83.4 Å². The van der Waals surface area contributed by atoms with Crippen LogP contribution in [0.2, 0.25) is 0 Å². The molecule has 2 aliphatic rings. The van der Waals surface area contributed by atoms with Crippen molar-refractivity contribution in [2.45, 2.75) is 88.9 Å². The lowest BCUT2D eigenvalue weighted by Crippen LogP contribution is -2.51. The zero-order valence-corrected chi connectivity index (χ0v) is 46.9. The maximum Gasteiger partial charge on any atom is 0.326 e. The van der Waals surface area contributed by atoms with Gasteiger partial charge < -0.3 is 62.5 Å². The molecule has 6 amide bonds. The summed E-state index contributed by atoms with van der Waals surface area (Å²) in [6.45, 7) is 1.92. The van der Waals surface area contributed by atoms with Gasteiger partial charge in [0.15, 0.2) is 0 Å². The first-order valence-corrected chi connectivity index (χ1v) is 28.1. The number of amides is 6. The average molecular weight is 1180 g/mol. The highest BCUT2D eigenvalue weighted by molar-refractivity contribution is 5.94. The van der Waals surface area contributed by atoms with Crippen molar-refractivity contribution in [1.82, 2.24) is 51.5 Å². The van der Waals surface area contributed by atoms with E-state index >= 15 is 0 Å². The second-order valence-corrected chi connectivity index (χ2v) is 21.3. The minimum atomic E-state index is -1.54. The highest BCUT2D eigenvalue weighted by Gasteiger charge is 2.31. The molecule has 0 spiro atoms. The minimum Gasteiger partial charge on any atom is -0.481 e. The van der Waals surface area contributed by atoms with E-state index < -0.39 is 84.6 Å². The van der Waals surface area contributed by atoms with Gasteiger partial charge in [-0.25, -0.2) is 14.4 Å². The molecule has 3 atom stereocenters. The number of nitrogens with one attached hydrogen (secondary N) is 6. The molecule has 27 heteroatoms. The fraction of sp³-hybridized carbons (Fsp3) is 0.526. The van der Waals surface area contributed by atoms with Crippen LogP contribution in [0, 0.1) is 11.8 Å². The van der Waals surface area contributed by atoms with Gasteiger partial charge in [-0.2, -0.15) is 0 Å². The molecular formula is C57H78N10O17. The Labute approximate surface area is 485 Å². The van der Waals surface area contributed by atoms with E-state index in [-0.39, 0.29) is 121 Å². The van der Waals surface area contributed by atoms with Gasteiger partial charge in [-0.1, -0.05) is 54.6 Å². The van der Waals surface area contributed by atoms with Crippen LogP contribution in [-0.4, -0.2) is 225 Å². The molecule has 1 aliphatic carbocycles. The molecule has 1 saturated carbocycles. The Balaban J connectivity index is 1.10. The molecule has 12 N–H and O–H groups in total. The quantitative estimate of drug-likeness (QED) is 0.0406. The average Bonchev–Trinajstić information content (AvgIpc) is 3.60. The highest BCUT2D eigenvalue weighted by atomic mass is 16.4. The first-order chi connectivity index (χ1) is 40.1. The first-order valence-electron chi connectivity index (χ1n) is 28.1. The van der Waals surface area contributed by atoms with Crippen molar-refractivity contribution in [2.75, 3.05) is 91.6 Å². The number of nitrogens with zero attached hydrogens (tertiary/aromatic N) is 4. The Hall–Kier alpha value is -8.27. The van der Waals surface area contributed by atoms with Crippen molar-refractivity contribution in [3.8, 4) is 0 Å². The number of hydrogen-bond donors (Lipinski definition) is 12. The van der Waals surface area contributed by atoms with E-state index in [4.69, 9.17) is 5.11 Å². The highest BCUT2D eigenvalue weighted by Crippen LogP contribution is 2.29. The normalized spacial score (nSPS) is 17.8. The molecule has 0 bridgehead atoms. The lowest BCUT2D eigenvalue weighted by atomic mass is 9.81. The van der Waals surface area contributed by atoms with Crippen LogP contribution in [0.4, 0.5) is 4.79 Å². The summed E-state index contributed by atoms with van der Waals surface area (Å²) in [4.78, 5) is 142. The van der Waals surface area contributed by atoms with Crippen LogP contribution in [0.15, 0.2) is 66.7 Å². The summed E-state index contributed by atoms with van der Waals surface area (Å²) < 4.78 is 0. The molecule has 1 aliphatic heterocycles. The van der Waals surface area contributed by atoms with Crippen molar-refractivity contribution in [1.29, 1.82) is 0 Å². The number of carboxylic acid groups (broad SMARTS) is 6. The lowest BCUT2D eigenvalue weighted by Gasteiger charge is -2.33. The van der Waals surface area contributed by atoms with Gasteiger partial charge in [0.05, 0.1) is 26.2 Å². The van der Waals surface area contributed by atoms with Crippen LogP contribution in [0.5, 0.6) is 0 Å². The summed E-state index contributed by atoms with van der Waals surface area (Å²) in [6, 6.07) is 15.2. The molecule has 84 heavy (non-hydrogen) atoms. The van der Waals surface area contributed by atoms with Crippen LogP contribution >= 0.6 is 0 Å². The van der Waals surface area contributed by atoms with Crippen LogP contribution in [-0.2, 0) is 56.1 Å². The first kappa shape index (κ1) is 66.5. The zero-order valence-electron chi connectivity index (χ0n) is 46.9. The van der Waals surface area contributed by atoms with Crippen molar-refractivity contribution in [3.63, 3.8) is 0 Å². The van der Waals surface area contributed by atoms with Gasteiger partial charge in [0.25, 0.3) is 5.91 Å². The molecular weight excluding hydrogens is 1100 g/mol. The smallest absolute Gasteiger partial charge is 0.326 e. The van der Waals surface area contributed by atoms with Crippen LogP contribution in [0.3, 0.4) is 0 Å². The molecule has 458 valence electrons. The van der Waals surface area contributed by atoms with Crippen molar-refractivity contribution >= 4 is 76.2 Å². The van der Waals surface area contributed by atoms with Gasteiger partial charge in [-0.3, -0.25) is 58.0 Å². The third-order valence-corrected chi connectivity index (χ3v) is 14.8. The largest absolute Gasteiger partial charge is 0.481 e. The fourth-order valence-corrected chi connectivity index (χ4v) is 10.0. The van der Waals surface area contributed by atoms with E-state index in [2.05, 4.69) is 31.9 Å². The number of carboxylic acids is 6. The van der Waals surface area contributed by atoms with Crippen LogP contribution in [0.1, 0.15) is 79.3 Å². The second kappa shape index (κ2) is 34.4.